The van der Waals surface area contributed by atoms with Crippen molar-refractivity contribution in [2.24, 2.45) is 17.3 Å². The molecule has 0 radical (unpaired) electrons. The molecule has 0 aromatic carbocycles. The fourth-order valence-electron chi connectivity index (χ4n) is 3.24. The van der Waals surface area contributed by atoms with E-state index in [2.05, 4.69) is 19.2 Å². The molecule has 2 rings (SSSR count). The van der Waals surface area contributed by atoms with E-state index in [9.17, 15) is 4.79 Å². The summed E-state index contributed by atoms with van der Waals surface area (Å²) in [6.07, 6.45) is 6.87. The van der Waals surface area contributed by atoms with E-state index in [1.54, 1.807) is 0 Å². The molecule has 1 aliphatic heterocycles. The third-order valence-electron chi connectivity index (χ3n) is 4.69. The molecule has 0 aromatic rings. The second-order valence-corrected chi connectivity index (χ2v) is 6.13. The molecule has 0 atom stereocenters. The van der Waals surface area contributed by atoms with E-state index in [1.165, 1.54) is 12.8 Å². The molecule has 0 spiro atoms. The second kappa shape index (κ2) is 4.87. The van der Waals surface area contributed by atoms with Crippen LogP contribution in [-0.4, -0.2) is 18.9 Å². The minimum atomic E-state index is -0.0174. The SMILES string of the molecule is CC1CCC(C(=O)C2(C)CCNCC2)CC1. The number of piperidine rings is 1. The maximum atomic E-state index is 12.6. The first-order chi connectivity index (χ1) is 7.62. The lowest BCUT2D eigenvalue weighted by molar-refractivity contribution is -0.134. The zero-order valence-corrected chi connectivity index (χ0v) is 10.7. The molecular weight excluding hydrogens is 198 g/mol. The van der Waals surface area contributed by atoms with Gasteiger partial charge in [0.15, 0.2) is 0 Å². The number of ketones is 1. The van der Waals surface area contributed by atoms with Gasteiger partial charge in [-0.3, -0.25) is 4.79 Å². The molecule has 1 N–H and O–H groups in total. The molecule has 1 aliphatic carbocycles. The number of nitrogens with one attached hydrogen (secondary N) is 1. The zero-order chi connectivity index (χ0) is 11.6. The number of rotatable bonds is 2. The molecule has 0 amide bonds. The van der Waals surface area contributed by atoms with Crippen molar-refractivity contribution in [2.45, 2.75) is 52.4 Å². The molecule has 2 fully saturated rings. The van der Waals surface area contributed by atoms with Gasteiger partial charge in [-0.2, -0.15) is 0 Å². The second-order valence-electron chi connectivity index (χ2n) is 6.13. The van der Waals surface area contributed by atoms with Crippen LogP contribution in [0.2, 0.25) is 0 Å². The molecule has 0 bridgehead atoms. The van der Waals surface area contributed by atoms with Crippen LogP contribution in [0.5, 0.6) is 0 Å². The fourth-order valence-corrected chi connectivity index (χ4v) is 3.24. The maximum Gasteiger partial charge on any atom is 0.141 e. The maximum absolute atomic E-state index is 12.6. The largest absolute Gasteiger partial charge is 0.317 e. The summed E-state index contributed by atoms with van der Waals surface area (Å²) in [6, 6.07) is 0. The average molecular weight is 223 g/mol. The predicted molar refractivity (Wildman–Crippen MR) is 66.3 cm³/mol. The van der Waals surface area contributed by atoms with Crippen molar-refractivity contribution < 1.29 is 4.79 Å². The third-order valence-corrected chi connectivity index (χ3v) is 4.69. The summed E-state index contributed by atoms with van der Waals surface area (Å²) in [5.74, 6) is 1.78. The van der Waals surface area contributed by atoms with Gasteiger partial charge in [0.25, 0.3) is 0 Å². The minimum Gasteiger partial charge on any atom is -0.317 e. The zero-order valence-electron chi connectivity index (χ0n) is 10.7. The van der Waals surface area contributed by atoms with Gasteiger partial charge in [-0.1, -0.05) is 26.7 Å². The van der Waals surface area contributed by atoms with Gasteiger partial charge in [-0.25, -0.2) is 0 Å². The Labute approximate surface area is 99.2 Å². The Morgan fingerprint density at radius 2 is 1.69 bits per heavy atom. The molecule has 1 saturated carbocycles. The van der Waals surface area contributed by atoms with Gasteiger partial charge in [0.1, 0.15) is 5.78 Å². The topological polar surface area (TPSA) is 29.1 Å². The standard InChI is InChI=1S/C14H25NO/c1-11-3-5-12(6-4-11)13(16)14(2)7-9-15-10-8-14/h11-12,15H,3-10H2,1-2H3. The van der Waals surface area contributed by atoms with Gasteiger partial charge in [0, 0.05) is 11.3 Å². The smallest absolute Gasteiger partial charge is 0.141 e. The highest BCUT2D eigenvalue weighted by Gasteiger charge is 2.39. The lowest BCUT2D eigenvalue weighted by Crippen LogP contribution is -2.43. The van der Waals surface area contributed by atoms with Gasteiger partial charge in [-0.05, 0) is 44.7 Å². The van der Waals surface area contributed by atoms with Crippen molar-refractivity contribution in [3.8, 4) is 0 Å². The van der Waals surface area contributed by atoms with Crippen LogP contribution in [0.15, 0.2) is 0 Å². The molecule has 92 valence electrons. The third kappa shape index (κ3) is 2.48. The monoisotopic (exact) mass is 223 g/mol. The Kier molecular flexibility index (Phi) is 3.68. The van der Waals surface area contributed by atoms with Crippen LogP contribution in [0.25, 0.3) is 0 Å². The van der Waals surface area contributed by atoms with Gasteiger partial charge < -0.3 is 5.32 Å². The van der Waals surface area contributed by atoms with Crippen LogP contribution in [0.3, 0.4) is 0 Å². The predicted octanol–water partition coefficient (Wildman–Crippen LogP) is 2.77. The van der Waals surface area contributed by atoms with E-state index in [0.29, 0.717) is 11.7 Å². The molecule has 0 unspecified atom stereocenters. The summed E-state index contributed by atoms with van der Waals surface area (Å²) in [4.78, 5) is 12.6. The molecular formula is C14H25NO. The lowest BCUT2D eigenvalue weighted by atomic mass is 9.68. The van der Waals surface area contributed by atoms with Crippen LogP contribution in [0.4, 0.5) is 0 Å². The summed E-state index contributed by atoms with van der Waals surface area (Å²) in [6.45, 7) is 6.54. The summed E-state index contributed by atoms with van der Waals surface area (Å²) in [5, 5.41) is 3.35. The molecule has 2 heteroatoms. The molecule has 1 saturated heterocycles. The summed E-state index contributed by atoms with van der Waals surface area (Å²) in [5.41, 5.74) is -0.0174. The molecule has 2 aliphatic rings. The highest BCUT2D eigenvalue weighted by molar-refractivity contribution is 5.86. The van der Waals surface area contributed by atoms with Crippen molar-refractivity contribution in [3.63, 3.8) is 0 Å². The quantitative estimate of drug-likeness (QED) is 0.780. The Bertz CT molecular complexity index is 247. The summed E-state index contributed by atoms with van der Waals surface area (Å²) < 4.78 is 0. The summed E-state index contributed by atoms with van der Waals surface area (Å²) in [7, 11) is 0. The van der Waals surface area contributed by atoms with Crippen molar-refractivity contribution in [1.29, 1.82) is 0 Å². The van der Waals surface area contributed by atoms with Crippen LogP contribution < -0.4 is 5.32 Å². The van der Waals surface area contributed by atoms with Crippen LogP contribution in [-0.2, 0) is 4.79 Å². The Morgan fingerprint density at radius 1 is 1.12 bits per heavy atom. The van der Waals surface area contributed by atoms with Crippen molar-refractivity contribution in [1.82, 2.24) is 5.32 Å². The first-order valence-electron chi connectivity index (χ1n) is 6.87. The molecule has 1 heterocycles. The highest BCUT2D eigenvalue weighted by atomic mass is 16.1. The van der Waals surface area contributed by atoms with E-state index in [0.717, 1.165) is 44.7 Å². The Hall–Kier alpha value is -0.370. The highest BCUT2D eigenvalue weighted by Crippen LogP contribution is 2.38. The number of carbonyl (C=O) groups is 1. The van der Waals surface area contributed by atoms with E-state index in [4.69, 9.17) is 0 Å². The van der Waals surface area contributed by atoms with Crippen molar-refractivity contribution in [3.05, 3.63) is 0 Å². The number of hydrogen-bond donors (Lipinski definition) is 1. The van der Waals surface area contributed by atoms with Crippen molar-refractivity contribution >= 4 is 5.78 Å². The van der Waals surface area contributed by atoms with E-state index < -0.39 is 0 Å². The van der Waals surface area contributed by atoms with Crippen molar-refractivity contribution in [2.75, 3.05) is 13.1 Å². The Morgan fingerprint density at radius 3 is 2.25 bits per heavy atom. The molecule has 16 heavy (non-hydrogen) atoms. The molecule has 0 aromatic heterocycles. The van der Waals surface area contributed by atoms with E-state index in [-0.39, 0.29) is 5.41 Å². The van der Waals surface area contributed by atoms with Crippen LogP contribution in [0, 0.1) is 17.3 Å². The number of Topliss-reactive ketones (excluding diaryl/α,β-unsaturated/α-hetero) is 1. The van der Waals surface area contributed by atoms with Gasteiger partial charge >= 0.3 is 0 Å². The van der Waals surface area contributed by atoms with E-state index >= 15 is 0 Å². The van der Waals surface area contributed by atoms with Crippen LogP contribution >= 0.6 is 0 Å². The van der Waals surface area contributed by atoms with Crippen LogP contribution in [0.1, 0.15) is 52.4 Å². The molecule has 2 nitrogen and oxygen atoms in total. The average Bonchev–Trinajstić information content (AvgIpc) is 2.30. The van der Waals surface area contributed by atoms with E-state index in [1.807, 2.05) is 0 Å². The lowest BCUT2D eigenvalue weighted by Gasteiger charge is -2.37. The van der Waals surface area contributed by atoms with Gasteiger partial charge in [0.05, 0.1) is 0 Å². The minimum absolute atomic E-state index is 0.0174. The fraction of sp³-hybridized carbons (Fsp3) is 0.929. The normalized spacial score (nSPS) is 34.6. The van der Waals surface area contributed by atoms with Gasteiger partial charge in [-0.15, -0.1) is 0 Å². The first kappa shape index (κ1) is 12.1. The Balaban J connectivity index is 1.95. The van der Waals surface area contributed by atoms with Gasteiger partial charge in [0.2, 0.25) is 0 Å². The number of carbonyl (C=O) groups excluding carboxylic acids is 1. The first-order valence-corrected chi connectivity index (χ1v) is 6.87. The summed E-state index contributed by atoms with van der Waals surface area (Å²) >= 11 is 0. The number of hydrogen-bond acceptors (Lipinski definition) is 2.